The molecule has 0 saturated carbocycles. The topological polar surface area (TPSA) is 46.4 Å². The van der Waals surface area contributed by atoms with E-state index in [1.807, 2.05) is 0 Å². The van der Waals surface area contributed by atoms with E-state index in [0.717, 1.165) is 19.6 Å². The number of aromatic nitrogens is 1. The molecule has 21 heavy (non-hydrogen) atoms. The molecule has 2 rings (SSSR count). The zero-order valence-electron chi connectivity index (χ0n) is 13.0. The number of rotatable bonds is 9. The van der Waals surface area contributed by atoms with Gasteiger partial charge in [0.1, 0.15) is 0 Å². The highest BCUT2D eigenvalue weighted by Gasteiger charge is 2.07. The Kier molecular flexibility index (Phi) is 6.23. The van der Waals surface area contributed by atoms with Gasteiger partial charge in [0.2, 0.25) is 0 Å². The average Bonchev–Trinajstić information content (AvgIpc) is 2.82. The molecule has 0 amide bonds. The van der Waals surface area contributed by atoms with Crippen LogP contribution in [0.2, 0.25) is 0 Å². The van der Waals surface area contributed by atoms with Crippen molar-refractivity contribution in [2.24, 2.45) is 5.92 Å². The molecule has 0 aliphatic heterocycles. The van der Waals surface area contributed by atoms with E-state index < -0.39 is 0 Å². The molecule has 1 aromatic heterocycles. The number of aliphatic hydroxyl groups is 1. The number of hydrogen-bond acceptors (Lipinski definition) is 3. The van der Waals surface area contributed by atoms with Crippen LogP contribution in [-0.2, 0) is 17.8 Å². The minimum Gasteiger partial charge on any atom is -0.394 e. The number of ether oxygens (including phenoxy) is 1. The molecular weight excluding hydrogens is 264 g/mol. The third kappa shape index (κ3) is 4.56. The smallest absolute Gasteiger partial charge is 0.0698 e. The molecule has 0 saturated heterocycles. The van der Waals surface area contributed by atoms with Crippen molar-refractivity contribution in [3.63, 3.8) is 0 Å². The minimum atomic E-state index is 0.0802. The van der Waals surface area contributed by atoms with Gasteiger partial charge >= 0.3 is 0 Å². The molecule has 0 aliphatic rings. The van der Waals surface area contributed by atoms with Gasteiger partial charge in [0, 0.05) is 30.2 Å². The Labute approximate surface area is 126 Å². The fourth-order valence-corrected chi connectivity index (χ4v) is 2.47. The van der Waals surface area contributed by atoms with Gasteiger partial charge in [-0.05, 0) is 24.1 Å². The molecular formula is C17H26N2O2. The maximum absolute atomic E-state index is 8.74. The highest BCUT2D eigenvalue weighted by atomic mass is 16.5. The van der Waals surface area contributed by atoms with Gasteiger partial charge in [-0.15, -0.1) is 0 Å². The Balaban J connectivity index is 2.06. The van der Waals surface area contributed by atoms with Crippen LogP contribution >= 0.6 is 0 Å². The average molecular weight is 290 g/mol. The molecule has 4 heteroatoms. The summed E-state index contributed by atoms with van der Waals surface area (Å²) in [5.74, 6) is 0.658. The molecule has 0 spiro atoms. The summed E-state index contributed by atoms with van der Waals surface area (Å²) >= 11 is 0. The summed E-state index contributed by atoms with van der Waals surface area (Å²) in [5, 5.41) is 13.5. The van der Waals surface area contributed by atoms with Gasteiger partial charge < -0.3 is 19.7 Å². The van der Waals surface area contributed by atoms with Gasteiger partial charge in [-0.25, -0.2) is 0 Å². The lowest BCUT2D eigenvalue weighted by Gasteiger charge is -2.06. The van der Waals surface area contributed by atoms with Crippen molar-refractivity contribution < 1.29 is 9.84 Å². The van der Waals surface area contributed by atoms with E-state index in [1.165, 1.54) is 16.5 Å². The summed E-state index contributed by atoms with van der Waals surface area (Å²) in [4.78, 5) is 0. The van der Waals surface area contributed by atoms with Crippen molar-refractivity contribution in [1.82, 2.24) is 9.88 Å². The third-order valence-electron chi connectivity index (χ3n) is 3.45. The molecule has 2 N–H and O–H groups in total. The lowest BCUT2D eigenvalue weighted by molar-refractivity contribution is 0.0875. The van der Waals surface area contributed by atoms with E-state index in [0.29, 0.717) is 19.1 Å². The predicted molar refractivity (Wildman–Crippen MR) is 86.4 cm³/mol. The van der Waals surface area contributed by atoms with Gasteiger partial charge in [-0.3, -0.25) is 0 Å². The van der Waals surface area contributed by atoms with Crippen molar-refractivity contribution in [2.75, 3.05) is 26.4 Å². The van der Waals surface area contributed by atoms with Crippen LogP contribution in [0.25, 0.3) is 10.9 Å². The third-order valence-corrected chi connectivity index (χ3v) is 3.45. The Hall–Kier alpha value is -1.36. The maximum atomic E-state index is 8.74. The first-order valence-corrected chi connectivity index (χ1v) is 7.68. The zero-order chi connectivity index (χ0) is 15.1. The van der Waals surface area contributed by atoms with Crippen LogP contribution in [0.1, 0.15) is 19.4 Å². The Morgan fingerprint density at radius 1 is 1.24 bits per heavy atom. The number of fused-ring (bicyclic) bond motifs is 1. The molecule has 0 atom stereocenters. The van der Waals surface area contributed by atoms with Crippen molar-refractivity contribution >= 4 is 10.9 Å². The second kappa shape index (κ2) is 8.17. The van der Waals surface area contributed by atoms with E-state index in [4.69, 9.17) is 9.84 Å². The normalized spacial score (nSPS) is 11.6. The molecule has 0 aliphatic carbocycles. The molecule has 4 nitrogen and oxygen atoms in total. The molecule has 0 bridgehead atoms. The van der Waals surface area contributed by atoms with Crippen LogP contribution < -0.4 is 5.32 Å². The number of hydrogen-bond donors (Lipinski definition) is 2. The first-order valence-electron chi connectivity index (χ1n) is 7.68. The first-order chi connectivity index (χ1) is 10.2. The molecule has 2 aromatic rings. The van der Waals surface area contributed by atoms with E-state index >= 15 is 0 Å². The molecule has 0 radical (unpaired) electrons. The van der Waals surface area contributed by atoms with Gasteiger partial charge in [-0.2, -0.15) is 0 Å². The summed E-state index contributed by atoms with van der Waals surface area (Å²) in [6, 6.07) is 8.47. The van der Waals surface area contributed by atoms with Crippen LogP contribution in [0.4, 0.5) is 0 Å². The van der Waals surface area contributed by atoms with E-state index in [-0.39, 0.29) is 6.61 Å². The SMILES string of the molecule is CC(C)CNCc1cn(CCOCCO)c2ccccc12. The number of para-hydroxylation sites is 1. The summed E-state index contributed by atoms with van der Waals surface area (Å²) in [5.41, 5.74) is 2.57. The summed E-state index contributed by atoms with van der Waals surface area (Å²) in [7, 11) is 0. The van der Waals surface area contributed by atoms with Gasteiger partial charge in [0.05, 0.1) is 19.8 Å². The Morgan fingerprint density at radius 2 is 2.05 bits per heavy atom. The number of aliphatic hydroxyl groups excluding tert-OH is 1. The maximum Gasteiger partial charge on any atom is 0.0698 e. The van der Waals surface area contributed by atoms with Crippen molar-refractivity contribution in [2.45, 2.75) is 26.9 Å². The Morgan fingerprint density at radius 3 is 2.81 bits per heavy atom. The summed E-state index contributed by atoms with van der Waals surface area (Å²) in [6.07, 6.45) is 2.21. The van der Waals surface area contributed by atoms with Crippen LogP contribution in [0.15, 0.2) is 30.5 Å². The van der Waals surface area contributed by atoms with Crippen LogP contribution in [0, 0.1) is 5.92 Å². The van der Waals surface area contributed by atoms with Crippen molar-refractivity contribution in [3.8, 4) is 0 Å². The largest absolute Gasteiger partial charge is 0.394 e. The highest BCUT2D eigenvalue weighted by Crippen LogP contribution is 2.21. The van der Waals surface area contributed by atoms with Crippen LogP contribution in [0.5, 0.6) is 0 Å². The lowest BCUT2D eigenvalue weighted by Crippen LogP contribution is -2.18. The molecule has 1 heterocycles. The first kappa shape index (κ1) is 16.0. The second-order valence-corrected chi connectivity index (χ2v) is 5.73. The van der Waals surface area contributed by atoms with Crippen LogP contribution in [0.3, 0.4) is 0 Å². The van der Waals surface area contributed by atoms with Crippen molar-refractivity contribution in [3.05, 3.63) is 36.0 Å². The molecule has 1 aromatic carbocycles. The zero-order valence-corrected chi connectivity index (χ0v) is 13.0. The lowest BCUT2D eigenvalue weighted by atomic mass is 10.1. The summed E-state index contributed by atoms with van der Waals surface area (Å²) < 4.78 is 7.61. The fourth-order valence-electron chi connectivity index (χ4n) is 2.47. The van der Waals surface area contributed by atoms with Gasteiger partial charge in [0.15, 0.2) is 0 Å². The van der Waals surface area contributed by atoms with E-state index in [2.05, 4.69) is 54.2 Å². The monoisotopic (exact) mass is 290 g/mol. The Bertz CT molecular complexity index is 549. The van der Waals surface area contributed by atoms with Gasteiger partial charge in [0.25, 0.3) is 0 Å². The molecule has 0 fully saturated rings. The van der Waals surface area contributed by atoms with E-state index in [1.54, 1.807) is 0 Å². The predicted octanol–water partition coefficient (Wildman–Crippen LogP) is 2.40. The van der Waals surface area contributed by atoms with Crippen LogP contribution in [-0.4, -0.2) is 36.0 Å². The van der Waals surface area contributed by atoms with Gasteiger partial charge in [-0.1, -0.05) is 32.0 Å². The standard InChI is InChI=1S/C17H26N2O2/c1-14(2)11-18-12-15-13-19(7-9-21-10-8-20)17-6-4-3-5-16(15)17/h3-6,13-14,18,20H,7-12H2,1-2H3. The number of nitrogens with one attached hydrogen (secondary N) is 1. The minimum absolute atomic E-state index is 0.0802. The van der Waals surface area contributed by atoms with E-state index in [9.17, 15) is 0 Å². The summed E-state index contributed by atoms with van der Waals surface area (Å²) in [6.45, 7) is 8.27. The van der Waals surface area contributed by atoms with Crippen molar-refractivity contribution in [1.29, 1.82) is 0 Å². The number of nitrogens with zero attached hydrogens (tertiary/aromatic N) is 1. The number of benzene rings is 1. The quantitative estimate of drug-likeness (QED) is 0.697. The molecule has 116 valence electrons. The highest BCUT2D eigenvalue weighted by molar-refractivity contribution is 5.83. The molecule has 0 unspecified atom stereocenters. The fraction of sp³-hybridized carbons (Fsp3) is 0.529. The second-order valence-electron chi connectivity index (χ2n) is 5.73.